The van der Waals surface area contributed by atoms with Crippen LogP contribution in [0.3, 0.4) is 0 Å². The molecule has 4 rings (SSSR count). The zero-order valence-corrected chi connectivity index (χ0v) is 15.2. The average molecular weight is 359 g/mol. The van der Waals surface area contributed by atoms with Crippen molar-refractivity contribution in [2.75, 3.05) is 32.8 Å². The average Bonchev–Trinajstić information content (AvgIpc) is 3.33. The highest BCUT2D eigenvalue weighted by atomic mass is 32.1. The molecule has 2 atom stereocenters. The summed E-state index contributed by atoms with van der Waals surface area (Å²) >= 11 is 1.73. The molecule has 2 aromatic rings. The summed E-state index contributed by atoms with van der Waals surface area (Å²) in [7, 11) is 0. The maximum absolute atomic E-state index is 6.33. The predicted octanol–water partition coefficient (Wildman–Crippen LogP) is 3.51. The lowest BCUT2D eigenvalue weighted by Crippen LogP contribution is -2.43. The second kappa shape index (κ2) is 8.27. The van der Waals surface area contributed by atoms with Gasteiger partial charge in [0.25, 0.3) is 0 Å². The van der Waals surface area contributed by atoms with Crippen LogP contribution in [0.4, 0.5) is 0 Å². The molecule has 0 saturated carbocycles. The minimum absolute atomic E-state index is 0.0590. The third kappa shape index (κ3) is 4.58. The van der Waals surface area contributed by atoms with Crippen LogP contribution in [0, 0.1) is 0 Å². The molecule has 5 nitrogen and oxygen atoms in total. The molecule has 2 aromatic heterocycles. The fourth-order valence-electron chi connectivity index (χ4n) is 3.43. The Balaban J connectivity index is 1.34. The van der Waals surface area contributed by atoms with E-state index in [1.807, 2.05) is 10.9 Å². The van der Waals surface area contributed by atoms with E-state index >= 15 is 0 Å². The van der Waals surface area contributed by atoms with Crippen molar-refractivity contribution in [3.8, 4) is 0 Å². The Morgan fingerprint density at radius 1 is 1.20 bits per heavy atom. The second-order valence-electron chi connectivity index (χ2n) is 6.63. The van der Waals surface area contributed by atoms with Crippen LogP contribution >= 0.6 is 11.3 Å². The van der Waals surface area contributed by atoms with Crippen LogP contribution in [0.5, 0.6) is 0 Å². The number of rotatable bonds is 5. The first-order valence-corrected chi connectivity index (χ1v) is 9.97. The van der Waals surface area contributed by atoms with Crippen LogP contribution in [0.2, 0.25) is 0 Å². The molecule has 2 unspecified atom stereocenters. The summed E-state index contributed by atoms with van der Waals surface area (Å²) in [5.41, 5.74) is 0.979. The standard InChI is InChI=1S/C19H25N3O2S/c1-3-17(15-21-10-12-23-13-11-21)24-19(5-1)22-9-8-16(20-22)6-7-18-4-2-14-25-18/h2,4,6-9,14,17,19H,1,3,5,10-13,15H2/b7-6+. The van der Waals surface area contributed by atoms with Gasteiger partial charge in [0.1, 0.15) is 0 Å². The Morgan fingerprint density at radius 2 is 2.12 bits per heavy atom. The van der Waals surface area contributed by atoms with E-state index in [-0.39, 0.29) is 6.23 Å². The lowest BCUT2D eigenvalue weighted by Gasteiger charge is -2.35. The van der Waals surface area contributed by atoms with E-state index in [0.717, 1.165) is 51.4 Å². The van der Waals surface area contributed by atoms with Crippen molar-refractivity contribution in [1.82, 2.24) is 14.7 Å². The number of nitrogens with zero attached hydrogens (tertiary/aromatic N) is 3. The summed E-state index contributed by atoms with van der Waals surface area (Å²) in [5, 5.41) is 6.78. The number of ether oxygens (including phenoxy) is 2. The lowest BCUT2D eigenvalue weighted by atomic mass is 10.1. The van der Waals surface area contributed by atoms with Gasteiger partial charge in [0.15, 0.2) is 6.23 Å². The van der Waals surface area contributed by atoms with Gasteiger partial charge in [-0.05, 0) is 48.9 Å². The molecular weight excluding hydrogens is 334 g/mol. The molecule has 134 valence electrons. The van der Waals surface area contributed by atoms with Gasteiger partial charge >= 0.3 is 0 Å². The Bertz CT molecular complexity index is 677. The molecule has 0 amide bonds. The van der Waals surface area contributed by atoms with Gasteiger partial charge in [-0.15, -0.1) is 11.3 Å². The molecule has 0 spiro atoms. The predicted molar refractivity (Wildman–Crippen MR) is 100 cm³/mol. The summed E-state index contributed by atoms with van der Waals surface area (Å²) in [4.78, 5) is 3.70. The molecule has 0 N–H and O–H groups in total. The van der Waals surface area contributed by atoms with Gasteiger partial charge in [-0.3, -0.25) is 4.90 Å². The maximum Gasteiger partial charge on any atom is 0.150 e. The van der Waals surface area contributed by atoms with Crippen LogP contribution in [0.15, 0.2) is 29.8 Å². The number of aromatic nitrogens is 2. The quantitative estimate of drug-likeness (QED) is 0.819. The van der Waals surface area contributed by atoms with Crippen LogP contribution in [0.1, 0.15) is 36.1 Å². The SMILES string of the molecule is C(=C\c1cccs1)/c1ccn(C2CCCC(CN3CCOCC3)O2)n1. The van der Waals surface area contributed by atoms with E-state index in [1.165, 1.54) is 11.3 Å². The first-order valence-electron chi connectivity index (χ1n) is 9.09. The number of hydrogen-bond donors (Lipinski definition) is 0. The summed E-state index contributed by atoms with van der Waals surface area (Å²) in [6.45, 7) is 4.73. The summed E-state index contributed by atoms with van der Waals surface area (Å²) < 4.78 is 13.8. The third-order valence-corrected chi connectivity index (χ3v) is 5.62. The Labute approximate surface area is 152 Å². The Kier molecular flexibility index (Phi) is 5.62. The van der Waals surface area contributed by atoms with E-state index in [1.54, 1.807) is 11.3 Å². The molecule has 25 heavy (non-hydrogen) atoms. The van der Waals surface area contributed by atoms with Crippen molar-refractivity contribution in [3.63, 3.8) is 0 Å². The van der Waals surface area contributed by atoms with E-state index in [0.29, 0.717) is 6.10 Å². The van der Waals surface area contributed by atoms with Crippen molar-refractivity contribution >= 4 is 23.5 Å². The molecule has 6 heteroatoms. The fraction of sp³-hybridized carbons (Fsp3) is 0.526. The second-order valence-corrected chi connectivity index (χ2v) is 7.61. The van der Waals surface area contributed by atoms with E-state index < -0.39 is 0 Å². The third-order valence-electron chi connectivity index (χ3n) is 4.78. The topological polar surface area (TPSA) is 39.5 Å². The van der Waals surface area contributed by atoms with Gasteiger partial charge in [0.05, 0.1) is 25.0 Å². The zero-order chi connectivity index (χ0) is 16.9. The molecule has 0 radical (unpaired) electrons. The first kappa shape index (κ1) is 17.0. The van der Waals surface area contributed by atoms with Gasteiger partial charge in [-0.1, -0.05) is 6.07 Å². The molecule has 0 aliphatic carbocycles. The smallest absolute Gasteiger partial charge is 0.150 e. The largest absolute Gasteiger partial charge is 0.379 e. The minimum Gasteiger partial charge on any atom is -0.379 e. The van der Waals surface area contributed by atoms with E-state index in [2.05, 4.69) is 40.6 Å². The van der Waals surface area contributed by atoms with Crippen molar-refractivity contribution in [2.24, 2.45) is 0 Å². The van der Waals surface area contributed by atoms with E-state index in [9.17, 15) is 0 Å². The molecule has 2 fully saturated rings. The number of morpholine rings is 1. The maximum atomic E-state index is 6.33. The highest BCUT2D eigenvalue weighted by Gasteiger charge is 2.26. The number of thiophene rings is 1. The highest BCUT2D eigenvalue weighted by Crippen LogP contribution is 2.27. The van der Waals surface area contributed by atoms with E-state index in [4.69, 9.17) is 14.6 Å². The van der Waals surface area contributed by atoms with Gasteiger partial charge in [0.2, 0.25) is 0 Å². The van der Waals surface area contributed by atoms with Crippen molar-refractivity contribution in [2.45, 2.75) is 31.6 Å². The summed E-state index contributed by atoms with van der Waals surface area (Å²) in [6, 6.07) is 6.23. The summed E-state index contributed by atoms with van der Waals surface area (Å²) in [5.74, 6) is 0. The Hall–Kier alpha value is -1.47. The van der Waals surface area contributed by atoms with Crippen LogP contribution in [0.25, 0.3) is 12.2 Å². The monoisotopic (exact) mass is 359 g/mol. The molecule has 2 saturated heterocycles. The Morgan fingerprint density at radius 3 is 2.96 bits per heavy atom. The normalized spacial score (nSPS) is 25.6. The zero-order valence-electron chi connectivity index (χ0n) is 14.4. The highest BCUT2D eigenvalue weighted by molar-refractivity contribution is 7.10. The molecule has 4 heterocycles. The first-order chi connectivity index (χ1) is 12.4. The molecule has 2 aliphatic heterocycles. The summed E-state index contributed by atoms with van der Waals surface area (Å²) in [6.07, 6.45) is 9.94. The van der Waals surface area contributed by atoms with Gasteiger partial charge in [-0.25, -0.2) is 4.68 Å². The molecule has 2 aliphatic rings. The van der Waals surface area contributed by atoms with Gasteiger partial charge in [-0.2, -0.15) is 5.10 Å². The molecule has 0 bridgehead atoms. The van der Waals surface area contributed by atoms with Crippen LogP contribution < -0.4 is 0 Å². The van der Waals surface area contributed by atoms with Crippen LogP contribution in [-0.4, -0.2) is 53.6 Å². The number of hydrogen-bond acceptors (Lipinski definition) is 5. The lowest BCUT2D eigenvalue weighted by molar-refractivity contribution is -0.110. The van der Waals surface area contributed by atoms with Gasteiger partial charge < -0.3 is 9.47 Å². The van der Waals surface area contributed by atoms with Crippen molar-refractivity contribution in [3.05, 3.63) is 40.3 Å². The minimum atomic E-state index is 0.0590. The van der Waals surface area contributed by atoms with Gasteiger partial charge in [0, 0.05) is 30.7 Å². The fourth-order valence-corrected chi connectivity index (χ4v) is 4.05. The van der Waals surface area contributed by atoms with Crippen LogP contribution in [-0.2, 0) is 9.47 Å². The molecule has 0 aromatic carbocycles. The molecular formula is C19H25N3O2S. The van der Waals surface area contributed by atoms with Crippen molar-refractivity contribution in [1.29, 1.82) is 0 Å². The van der Waals surface area contributed by atoms with Crippen molar-refractivity contribution < 1.29 is 9.47 Å².